The maximum atomic E-state index is 12.3. The van der Waals surface area contributed by atoms with Gasteiger partial charge >= 0.3 is 0 Å². The molecule has 0 aliphatic carbocycles. The third-order valence-corrected chi connectivity index (χ3v) is 5.34. The van der Waals surface area contributed by atoms with Crippen LogP contribution in [0.1, 0.15) is 38.4 Å². The molecule has 7 heteroatoms. The van der Waals surface area contributed by atoms with Crippen molar-refractivity contribution < 1.29 is 9.53 Å². The molecule has 0 bridgehead atoms. The molecule has 0 saturated carbocycles. The van der Waals surface area contributed by atoms with Gasteiger partial charge in [0.15, 0.2) is 0 Å². The zero-order chi connectivity index (χ0) is 16.9. The van der Waals surface area contributed by atoms with Crippen LogP contribution in [-0.2, 0) is 22.6 Å². The van der Waals surface area contributed by atoms with Crippen LogP contribution in [0, 0.1) is 5.92 Å². The van der Waals surface area contributed by atoms with Crippen molar-refractivity contribution in [2.45, 2.75) is 51.7 Å². The van der Waals surface area contributed by atoms with Gasteiger partial charge in [-0.3, -0.25) is 9.69 Å². The molecule has 0 radical (unpaired) electrons. The molecule has 2 atom stereocenters. The first-order valence-electron chi connectivity index (χ1n) is 9.10. The summed E-state index contributed by atoms with van der Waals surface area (Å²) in [6.45, 7) is 7.43. The highest BCUT2D eigenvalue weighted by Crippen LogP contribution is 2.31. The van der Waals surface area contributed by atoms with Gasteiger partial charge in [-0.1, -0.05) is 0 Å². The van der Waals surface area contributed by atoms with Gasteiger partial charge in [-0.2, -0.15) is 5.10 Å². The number of aromatic nitrogens is 3. The van der Waals surface area contributed by atoms with E-state index in [0.717, 1.165) is 64.4 Å². The molecular formula is C17H29N5O2. The van der Waals surface area contributed by atoms with Crippen LogP contribution in [0.2, 0.25) is 0 Å². The van der Waals surface area contributed by atoms with Crippen molar-refractivity contribution in [1.82, 2.24) is 24.6 Å². The van der Waals surface area contributed by atoms with E-state index < -0.39 is 0 Å². The van der Waals surface area contributed by atoms with Crippen molar-refractivity contribution in [3.63, 3.8) is 0 Å². The van der Waals surface area contributed by atoms with Crippen molar-refractivity contribution in [3.05, 3.63) is 12.2 Å². The number of aryl methyl sites for hydroxylation is 1. The summed E-state index contributed by atoms with van der Waals surface area (Å²) in [5.41, 5.74) is 0. The molecule has 1 amide bonds. The lowest BCUT2D eigenvalue weighted by molar-refractivity contribution is -0.141. The number of rotatable bonds is 7. The number of likely N-dealkylation sites (tertiary alicyclic amines) is 2. The molecule has 2 saturated heterocycles. The molecule has 2 aliphatic rings. The maximum absolute atomic E-state index is 12.3. The number of hydrogen-bond acceptors (Lipinski definition) is 5. The van der Waals surface area contributed by atoms with E-state index in [0.29, 0.717) is 24.3 Å². The molecule has 3 heterocycles. The van der Waals surface area contributed by atoms with Crippen LogP contribution < -0.4 is 0 Å². The van der Waals surface area contributed by atoms with Gasteiger partial charge in [0.05, 0.1) is 6.54 Å². The largest absolute Gasteiger partial charge is 0.385 e. The monoisotopic (exact) mass is 335 g/mol. The number of carbonyl (C=O) groups is 1. The molecule has 24 heavy (non-hydrogen) atoms. The summed E-state index contributed by atoms with van der Waals surface area (Å²) in [6, 6.07) is 0.406. The lowest BCUT2D eigenvalue weighted by Gasteiger charge is -2.47. The number of hydrogen-bond donors (Lipinski definition) is 0. The predicted molar refractivity (Wildman–Crippen MR) is 90.3 cm³/mol. The smallest absolute Gasteiger partial charge is 0.222 e. The first kappa shape index (κ1) is 17.4. The first-order valence-corrected chi connectivity index (χ1v) is 9.10. The minimum Gasteiger partial charge on any atom is -0.385 e. The second kappa shape index (κ2) is 8.07. The van der Waals surface area contributed by atoms with E-state index in [1.54, 1.807) is 13.4 Å². The lowest BCUT2D eigenvalue weighted by atomic mass is 9.83. The van der Waals surface area contributed by atoms with E-state index in [9.17, 15) is 4.79 Å². The lowest BCUT2D eigenvalue weighted by Crippen LogP contribution is -2.56. The summed E-state index contributed by atoms with van der Waals surface area (Å²) >= 11 is 0. The quantitative estimate of drug-likeness (QED) is 0.700. The summed E-state index contributed by atoms with van der Waals surface area (Å²) in [4.78, 5) is 21.3. The number of piperidine rings is 2. The Morgan fingerprint density at radius 3 is 3.04 bits per heavy atom. The number of nitrogens with zero attached hydrogens (tertiary/aromatic N) is 5. The summed E-state index contributed by atoms with van der Waals surface area (Å²) in [7, 11) is 1.72. The molecule has 1 aromatic heterocycles. The SMILES string of the molecule is CCn1ncnc1CN1CC[C@@H]2[C@@H](CCC(=O)N2CCCOC)C1. The highest BCUT2D eigenvalue weighted by molar-refractivity contribution is 5.77. The standard InChI is InChI=1S/C17H29N5O2/c1-3-22-16(18-13-19-22)12-20-9-7-15-14(11-20)5-6-17(23)21(15)8-4-10-24-2/h13-15H,3-12H2,1-2H3/t14-,15+/m0/s1. The Labute approximate surface area is 144 Å². The van der Waals surface area contributed by atoms with E-state index in [1.807, 2.05) is 4.68 Å². The van der Waals surface area contributed by atoms with Gasteiger partial charge in [0.2, 0.25) is 5.91 Å². The molecule has 0 unspecified atom stereocenters. The summed E-state index contributed by atoms with van der Waals surface area (Å²) in [6.07, 6.45) is 5.33. The molecule has 1 aromatic rings. The minimum atomic E-state index is 0.325. The van der Waals surface area contributed by atoms with E-state index in [2.05, 4.69) is 26.8 Å². The average molecular weight is 335 g/mol. The van der Waals surface area contributed by atoms with Crippen LogP contribution in [-0.4, -0.2) is 69.9 Å². The van der Waals surface area contributed by atoms with E-state index in [4.69, 9.17) is 4.74 Å². The highest BCUT2D eigenvalue weighted by Gasteiger charge is 2.39. The maximum Gasteiger partial charge on any atom is 0.222 e. The first-order chi connectivity index (χ1) is 11.7. The molecule has 0 aromatic carbocycles. The third-order valence-electron chi connectivity index (χ3n) is 5.34. The van der Waals surface area contributed by atoms with E-state index >= 15 is 0 Å². The van der Waals surface area contributed by atoms with Crippen molar-refractivity contribution in [2.75, 3.05) is 33.4 Å². The number of carbonyl (C=O) groups excluding carboxylic acids is 1. The Morgan fingerprint density at radius 1 is 1.38 bits per heavy atom. The molecular weight excluding hydrogens is 306 g/mol. The highest BCUT2D eigenvalue weighted by atomic mass is 16.5. The van der Waals surface area contributed by atoms with Gasteiger partial charge in [0.25, 0.3) is 0 Å². The van der Waals surface area contributed by atoms with Gasteiger partial charge in [-0.25, -0.2) is 9.67 Å². The summed E-state index contributed by atoms with van der Waals surface area (Å²) in [5, 5.41) is 4.26. The van der Waals surface area contributed by atoms with Gasteiger partial charge in [0, 0.05) is 52.4 Å². The molecule has 3 rings (SSSR count). The van der Waals surface area contributed by atoms with E-state index in [1.165, 1.54) is 0 Å². The zero-order valence-electron chi connectivity index (χ0n) is 14.9. The summed E-state index contributed by atoms with van der Waals surface area (Å²) in [5.74, 6) is 1.95. The zero-order valence-corrected chi connectivity index (χ0v) is 14.9. The van der Waals surface area contributed by atoms with Crippen LogP contribution >= 0.6 is 0 Å². The predicted octanol–water partition coefficient (Wildman–Crippen LogP) is 1.15. The molecule has 2 fully saturated rings. The van der Waals surface area contributed by atoms with Gasteiger partial charge in [0.1, 0.15) is 12.2 Å². The molecule has 0 spiro atoms. The molecule has 134 valence electrons. The van der Waals surface area contributed by atoms with Crippen LogP contribution in [0.5, 0.6) is 0 Å². The Morgan fingerprint density at radius 2 is 2.25 bits per heavy atom. The van der Waals surface area contributed by atoms with Crippen molar-refractivity contribution in [3.8, 4) is 0 Å². The minimum absolute atomic E-state index is 0.325. The van der Waals surface area contributed by atoms with Crippen LogP contribution in [0.4, 0.5) is 0 Å². The molecule has 0 N–H and O–H groups in total. The number of methoxy groups -OCH3 is 1. The van der Waals surface area contributed by atoms with E-state index in [-0.39, 0.29) is 0 Å². The Kier molecular flexibility index (Phi) is 5.84. The third kappa shape index (κ3) is 3.78. The number of amides is 1. The Balaban J connectivity index is 1.58. The number of fused-ring (bicyclic) bond motifs is 1. The second-order valence-electron chi connectivity index (χ2n) is 6.82. The van der Waals surface area contributed by atoms with Gasteiger partial charge in [-0.15, -0.1) is 0 Å². The average Bonchev–Trinajstić information content (AvgIpc) is 3.04. The Bertz CT molecular complexity index is 547. The van der Waals surface area contributed by atoms with Crippen LogP contribution in [0.15, 0.2) is 6.33 Å². The number of ether oxygens (including phenoxy) is 1. The van der Waals surface area contributed by atoms with Crippen molar-refractivity contribution >= 4 is 5.91 Å². The fourth-order valence-electron chi connectivity index (χ4n) is 4.11. The summed E-state index contributed by atoms with van der Waals surface area (Å²) < 4.78 is 7.11. The topological polar surface area (TPSA) is 63.5 Å². The van der Waals surface area contributed by atoms with Gasteiger partial charge < -0.3 is 9.64 Å². The van der Waals surface area contributed by atoms with Crippen molar-refractivity contribution in [1.29, 1.82) is 0 Å². The van der Waals surface area contributed by atoms with Gasteiger partial charge in [-0.05, 0) is 32.1 Å². The second-order valence-corrected chi connectivity index (χ2v) is 6.82. The fourth-order valence-corrected chi connectivity index (χ4v) is 4.11. The normalized spacial score (nSPS) is 25.1. The molecule has 2 aliphatic heterocycles. The van der Waals surface area contributed by atoms with Crippen LogP contribution in [0.25, 0.3) is 0 Å². The Hall–Kier alpha value is -1.47. The fraction of sp³-hybridized carbons (Fsp3) is 0.824. The van der Waals surface area contributed by atoms with Crippen LogP contribution in [0.3, 0.4) is 0 Å². The molecule has 7 nitrogen and oxygen atoms in total. The van der Waals surface area contributed by atoms with Crippen molar-refractivity contribution in [2.24, 2.45) is 5.92 Å².